The second kappa shape index (κ2) is 5.41. The lowest BCUT2D eigenvalue weighted by Crippen LogP contribution is -2.33. The zero-order valence-electron chi connectivity index (χ0n) is 9.10. The third-order valence-corrected chi connectivity index (χ3v) is 2.77. The Morgan fingerprint density at radius 3 is 3.06 bits per heavy atom. The smallest absolute Gasteiger partial charge is 0.102 e. The van der Waals surface area contributed by atoms with E-state index in [2.05, 4.69) is 5.32 Å². The first kappa shape index (κ1) is 11.5. The highest BCUT2D eigenvalue weighted by atomic mass is 16.5. The number of benzene rings is 1. The summed E-state index contributed by atoms with van der Waals surface area (Å²) in [4.78, 5) is 0. The van der Waals surface area contributed by atoms with Crippen molar-refractivity contribution in [2.45, 2.75) is 12.2 Å². The molecule has 2 unspecified atom stereocenters. The van der Waals surface area contributed by atoms with E-state index in [0.29, 0.717) is 6.61 Å². The van der Waals surface area contributed by atoms with Crippen molar-refractivity contribution in [3.63, 3.8) is 0 Å². The quantitative estimate of drug-likeness (QED) is 0.693. The zero-order valence-corrected chi connectivity index (χ0v) is 9.10. The average molecular weight is 223 g/mol. The third kappa shape index (κ3) is 2.59. The molecule has 0 spiro atoms. The van der Waals surface area contributed by atoms with E-state index >= 15 is 0 Å². The fraction of sp³-hybridized carbons (Fsp3) is 0.500. The van der Waals surface area contributed by atoms with Gasteiger partial charge in [-0.15, -0.1) is 0 Å². The van der Waals surface area contributed by atoms with Gasteiger partial charge in [0.2, 0.25) is 0 Å². The Hall–Kier alpha value is -0.940. The minimum absolute atomic E-state index is 0.0413. The van der Waals surface area contributed by atoms with Gasteiger partial charge in [0.05, 0.1) is 19.3 Å². The largest absolute Gasteiger partial charge is 0.393 e. The first-order valence-electron chi connectivity index (χ1n) is 5.52. The second-order valence-electron chi connectivity index (χ2n) is 3.93. The van der Waals surface area contributed by atoms with Gasteiger partial charge < -0.3 is 20.3 Å². The molecule has 1 aromatic rings. The Bertz CT molecular complexity index is 337. The molecule has 1 aromatic carbocycles. The fourth-order valence-corrected chi connectivity index (χ4v) is 1.85. The van der Waals surface area contributed by atoms with Crippen molar-refractivity contribution in [2.24, 2.45) is 0 Å². The molecule has 0 bridgehead atoms. The van der Waals surface area contributed by atoms with Gasteiger partial charge in [0, 0.05) is 13.1 Å². The number of nitrogens with one attached hydrogen (secondary N) is 1. The van der Waals surface area contributed by atoms with Crippen LogP contribution in [0.15, 0.2) is 24.3 Å². The summed E-state index contributed by atoms with van der Waals surface area (Å²) in [7, 11) is 0. The molecule has 88 valence electrons. The number of morpholine rings is 1. The summed E-state index contributed by atoms with van der Waals surface area (Å²) >= 11 is 0. The molecule has 1 heterocycles. The highest BCUT2D eigenvalue weighted by Crippen LogP contribution is 2.22. The number of aliphatic hydroxyl groups excluding tert-OH is 2. The number of aliphatic hydroxyl groups is 2. The van der Waals surface area contributed by atoms with E-state index in [9.17, 15) is 5.11 Å². The van der Waals surface area contributed by atoms with Crippen molar-refractivity contribution in [1.29, 1.82) is 0 Å². The number of hydrogen-bond acceptors (Lipinski definition) is 4. The maximum atomic E-state index is 9.55. The van der Waals surface area contributed by atoms with Crippen LogP contribution in [0.1, 0.15) is 23.3 Å². The van der Waals surface area contributed by atoms with Crippen LogP contribution in [0, 0.1) is 0 Å². The van der Waals surface area contributed by atoms with Gasteiger partial charge in [-0.3, -0.25) is 0 Å². The molecule has 2 rings (SSSR count). The summed E-state index contributed by atoms with van der Waals surface area (Å²) in [6.07, 6.45) is -0.768. The van der Waals surface area contributed by atoms with E-state index < -0.39 is 6.10 Å². The van der Waals surface area contributed by atoms with Gasteiger partial charge >= 0.3 is 0 Å². The highest BCUT2D eigenvalue weighted by molar-refractivity contribution is 5.27. The summed E-state index contributed by atoms with van der Waals surface area (Å²) in [6.45, 7) is 2.12. The molecule has 4 heteroatoms. The predicted molar refractivity (Wildman–Crippen MR) is 60.1 cm³/mol. The Balaban J connectivity index is 2.14. The Kier molecular flexibility index (Phi) is 3.90. The summed E-state index contributed by atoms with van der Waals surface area (Å²) in [5, 5.41) is 21.7. The maximum absolute atomic E-state index is 9.55. The van der Waals surface area contributed by atoms with Gasteiger partial charge in [0.25, 0.3) is 0 Å². The van der Waals surface area contributed by atoms with E-state index in [4.69, 9.17) is 9.84 Å². The fourth-order valence-electron chi connectivity index (χ4n) is 1.85. The van der Waals surface area contributed by atoms with Crippen LogP contribution in [0.2, 0.25) is 0 Å². The molecule has 1 fully saturated rings. The van der Waals surface area contributed by atoms with Crippen molar-refractivity contribution in [1.82, 2.24) is 5.32 Å². The van der Waals surface area contributed by atoms with E-state index in [1.165, 1.54) is 0 Å². The molecule has 3 N–H and O–H groups in total. The van der Waals surface area contributed by atoms with Crippen LogP contribution in [-0.4, -0.2) is 36.5 Å². The zero-order chi connectivity index (χ0) is 11.4. The molecule has 0 aromatic heterocycles. The third-order valence-electron chi connectivity index (χ3n) is 2.77. The number of ether oxygens (including phenoxy) is 1. The molecule has 2 atom stereocenters. The van der Waals surface area contributed by atoms with Crippen molar-refractivity contribution in [3.05, 3.63) is 35.4 Å². The van der Waals surface area contributed by atoms with Crippen molar-refractivity contribution in [2.75, 3.05) is 26.3 Å². The SMILES string of the molecule is OCC(O)c1cccc(C2CNCCO2)c1. The summed E-state index contributed by atoms with van der Waals surface area (Å²) < 4.78 is 5.63. The average Bonchev–Trinajstić information content (AvgIpc) is 2.39. The van der Waals surface area contributed by atoms with Crippen LogP contribution in [0.25, 0.3) is 0 Å². The molecule has 1 aliphatic heterocycles. The normalized spacial score (nSPS) is 23.0. The van der Waals surface area contributed by atoms with Gasteiger partial charge in [-0.1, -0.05) is 24.3 Å². The Morgan fingerprint density at radius 1 is 1.50 bits per heavy atom. The van der Waals surface area contributed by atoms with E-state index in [-0.39, 0.29) is 12.7 Å². The summed E-state index contributed by atoms with van der Waals surface area (Å²) in [5.74, 6) is 0. The molecular weight excluding hydrogens is 206 g/mol. The van der Waals surface area contributed by atoms with Crippen LogP contribution >= 0.6 is 0 Å². The first-order valence-corrected chi connectivity index (χ1v) is 5.52. The lowest BCUT2D eigenvalue weighted by molar-refractivity contribution is 0.0274. The van der Waals surface area contributed by atoms with Crippen molar-refractivity contribution >= 4 is 0 Å². The maximum Gasteiger partial charge on any atom is 0.102 e. The van der Waals surface area contributed by atoms with Gasteiger partial charge in [0.15, 0.2) is 0 Å². The van der Waals surface area contributed by atoms with Gasteiger partial charge in [-0.05, 0) is 11.1 Å². The lowest BCUT2D eigenvalue weighted by atomic mass is 10.0. The molecular formula is C12H17NO3. The van der Waals surface area contributed by atoms with Crippen LogP contribution in [0.4, 0.5) is 0 Å². The minimum Gasteiger partial charge on any atom is -0.393 e. The minimum atomic E-state index is -0.809. The van der Waals surface area contributed by atoms with E-state index in [1.54, 1.807) is 6.07 Å². The Morgan fingerprint density at radius 2 is 2.38 bits per heavy atom. The van der Waals surface area contributed by atoms with Crippen LogP contribution in [0.3, 0.4) is 0 Å². The van der Waals surface area contributed by atoms with Crippen LogP contribution in [0.5, 0.6) is 0 Å². The molecule has 4 nitrogen and oxygen atoms in total. The van der Waals surface area contributed by atoms with Crippen molar-refractivity contribution < 1.29 is 14.9 Å². The predicted octanol–water partition coefficient (Wildman–Crippen LogP) is 0.373. The molecule has 0 radical (unpaired) electrons. The van der Waals surface area contributed by atoms with Gasteiger partial charge in [0.1, 0.15) is 6.10 Å². The van der Waals surface area contributed by atoms with Crippen LogP contribution < -0.4 is 5.32 Å². The van der Waals surface area contributed by atoms with Crippen LogP contribution in [-0.2, 0) is 4.74 Å². The molecule has 0 saturated carbocycles. The topological polar surface area (TPSA) is 61.7 Å². The molecule has 0 amide bonds. The molecule has 1 aliphatic rings. The molecule has 1 saturated heterocycles. The molecule has 16 heavy (non-hydrogen) atoms. The highest BCUT2D eigenvalue weighted by Gasteiger charge is 2.16. The lowest BCUT2D eigenvalue weighted by Gasteiger charge is -2.24. The van der Waals surface area contributed by atoms with E-state index in [1.807, 2.05) is 18.2 Å². The monoisotopic (exact) mass is 223 g/mol. The number of hydrogen-bond donors (Lipinski definition) is 3. The first-order chi connectivity index (χ1) is 7.81. The molecule has 0 aliphatic carbocycles. The Labute approximate surface area is 94.9 Å². The summed E-state index contributed by atoms with van der Waals surface area (Å²) in [5.41, 5.74) is 1.77. The number of rotatable bonds is 3. The summed E-state index contributed by atoms with van der Waals surface area (Å²) in [6, 6.07) is 7.55. The van der Waals surface area contributed by atoms with Gasteiger partial charge in [-0.25, -0.2) is 0 Å². The standard InChI is InChI=1S/C12H17NO3/c14-8-11(15)9-2-1-3-10(6-9)12-7-13-4-5-16-12/h1-3,6,11-15H,4-5,7-8H2. The van der Waals surface area contributed by atoms with Crippen molar-refractivity contribution in [3.8, 4) is 0 Å². The second-order valence-corrected chi connectivity index (χ2v) is 3.93. The van der Waals surface area contributed by atoms with E-state index in [0.717, 1.165) is 24.2 Å². The van der Waals surface area contributed by atoms with Gasteiger partial charge in [-0.2, -0.15) is 0 Å².